The number of nitro benzene ring substituents is 1. The molecule has 0 spiro atoms. The predicted molar refractivity (Wildman–Crippen MR) is 113 cm³/mol. The summed E-state index contributed by atoms with van der Waals surface area (Å²) in [6, 6.07) is 10.2. The van der Waals surface area contributed by atoms with E-state index in [1.807, 2.05) is 12.1 Å². The number of hydrogen-bond acceptors (Lipinski definition) is 4. The summed E-state index contributed by atoms with van der Waals surface area (Å²) in [5.74, 6) is 0. The van der Waals surface area contributed by atoms with Gasteiger partial charge in [0, 0.05) is 41.7 Å². The van der Waals surface area contributed by atoms with Gasteiger partial charge in [-0.05, 0) is 51.5 Å². The van der Waals surface area contributed by atoms with Crippen molar-refractivity contribution in [2.45, 2.75) is 33.2 Å². The molecule has 0 aliphatic carbocycles. The minimum Gasteiger partial charge on any atom is -0.363 e. The third-order valence-corrected chi connectivity index (χ3v) is 5.13. The fourth-order valence-corrected chi connectivity index (χ4v) is 3.83. The standard InChI is InChI=1S/C21H22ClN3O2/c1-5-24-20-11-19(22)15(9-18(20)14(2)12-21(24,3)4)13-23-16-7-6-8-17(10-16)25(26)27/h6-13H,5H2,1-4H3. The normalized spacial score (nSPS) is 15.6. The largest absolute Gasteiger partial charge is 0.363 e. The summed E-state index contributed by atoms with van der Waals surface area (Å²) in [6.45, 7) is 9.48. The van der Waals surface area contributed by atoms with Crippen LogP contribution in [0.25, 0.3) is 5.57 Å². The maximum absolute atomic E-state index is 10.9. The molecule has 27 heavy (non-hydrogen) atoms. The Bertz CT molecular complexity index is 964. The average molecular weight is 384 g/mol. The Hall–Kier alpha value is -2.66. The van der Waals surface area contributed by atoms with Crippen molar-refractivity contribution in [3.05, 3.63) is 68.7 Å². The summed E-state index contributed by atoms with van der Waals surface area (Å²) in [7, 11) is 0. The topological polar surface area (TPSA) is 58.7 Å². The molecule has 0 N–H and O–H groups in total. The van der Waals surface area contributed by atoms with Crippen LogP contribution in [0.5, 0.6) is 0 Å². The summed E-state index contributed by atoms with van der Waals surface area (Å²) in [5.41, 5.74) is 4.67. The van der Waals surface area contributed by atoms with Crippen LogP contribution in [-0.4, -0.2) is 23.2 Å². The van der Waals surface area contributed by atoms with Crippen LogP contribution in [-0.2, 0) is 0 Å². The van der Waals surface area contributed by atoms with Gasteiger partial charge in [-0.1, -0.05) is 23.7 Å². The Kier molecular flexibility index (Phi) is 5.07. The van der Waals surface area contributed by atoms with Crippen LogP contribution in [0, 0.1) is 10.1 Å². The lowest BCUT2D eigenvalue weighted by molar-refractivity contribution is -0.384. The summed E-state index contributed by atoms with van der Waals surface area (Å²) in [4.78, 5) is 17.2. The van der Waals surface area contributed by atoms with E-state index in [0.717, 1.165) is 23.4 Å². The second kappa shape index (κ2) is 7.16. The Morgan fingerprint density at radius 2 is 2.04 bits per heavy atom. The summed E-state index contributed by atoms with van der Waals surface area (Å²) in [6.07, 6.45) is 3.92. The van der Waals surface area contributed by atoms with Crippen molar-refractivity contribution in [2.75, 3.05) is 11.4 Å². The van der Waals surface area contributed by atoms with Gasteiger partial charge in [-0.3, -0.25) is 15.1 Å². The minimum absolute atomic E-state index is 0.0146. The molecule has 0 saturated carbocycles. The van der Waals surface area contributed by atoms with Crippen molar-refractivity contribution >= 4 is 40.5 Å². The lowest BCUT2D eigenvalue weighted by Crippen LogP contribution is -2.44. The maximum atomic E-state index is 10.9. The van der Waals surface area contributed by atoms with Crippen LogP contribution in [0.2, 0.25) is 5.02 Å². The number of nitro groups is 1. The molecule has 2 aromatic carbocycles. The molecule has 1 aliphatic rings. The Balaban J connectivity index is 2.01. The number of hydrogen-bond donors (Lipinski definition) is 0. The first-order valence-corrected chi connectivity index (χ1v) is 9.20. The highest BCUT2D eigenvalue weighted by Gasteiger charge is 2.30. The molecule has 0 amide bonds. The average Bonchev–Trinajstić information content (AvgIpc) is 2.60. The monoisotopic (exact) mass is 383 g/mol. The van der Waals surface area contributed by atoms with Crippen molar-refractivity contribution < 1.29 is 4.92 Å². The molecule has 6 heteroatoms. The number of benzene rings is 2. The zero-order chi connectivity index (χ0) is 19.8. The van der Waals surface area contributed by atoms with Gasteiger partial charge in [0.05, 0.1) is 21.2 Å². The molecule has 0 unspecified atom stereocenters. The minimum atomic E-state index is -0.430. The number of allylic oxidation sites excluding steroid dienone is 1. The second-order valence-electron chi connectivity index (χ2n) is 7.15. The highest BCUT2D eigenvalue weighted by Crippen LogP contribution is 2.41. The van der Waals surface area contributed by atoms with Gasteiger partial charge >= 0.3 is 0 Å². The zero-order valence-electron chi connectivity index (χ0n) is 15.9. The fraction of sp³-hybridized carbons (Fsp3) is 0.286. The Morgan fingerprint density at radius 3 is 2.70 bits per heavy atom. The number of likely N-dealkylation sites (N-methyl/N-ethyl adjacent to an activating group) is 1. The highest BCUT2D eigenvalue weighted by atomic mass is 35.5. The second-order valence-corrected chi connectivity index (χ2v) is 7.56. The number of nitrogens with zero attached hydrogens (tertiary/aromatic N) is 3. The van der Waals surface area contributed by atoms with Crippen LogP contribution in [0.15, 0.2) is 47.5 Å². The van der Waals surface area contributed by atoms with Gasteiger partial charge in [0.2, 0.25) is 0 Å². The molecule has 3 rings (SSSR count). The lowest BCUT2D eigenvalue weighted by Gasteiger charge is -2.43. The van der Waals surface area contributed by atoms with E-state index in [9.17, 15) is 10.1 Å². The van der Waals surface area contributed by atoms with Crippen molar-refractivity contribution in [2.24, 2.45) is 4.99 Å². The maximum Gasteiger partial charge on any atom is 0.271 e. The molecular weight excluding hydrogens is 362 g/mol. The molecule has 0 fully saturated rings. The van der Waals surface area contributed by atoms with E-state index < -0.39 is 4.92 Å². The van der Waals surface area contributed by atoms with Crippen molar-refractivity contribution in [1.82, 2.24) is 0 Å². The van der Waals surface area contributed by atoms with Crippen molar-refractivity contribution in [3.8, 4) is 0 Å². The van der Waals surface area contributed by atoms with Gasteiger partial charge in [0.1, 0.15) is 0 Å². The summed E-state index contributed by atoms with van der Waals surface area (Å²) >= 11 is 6.53. The first kappa shape index (κ1) is 19.1. The molecule has 140 valence electrons. The smallest absolute Gasteiger partial charge is 0.271 e. The van der Waals surface area contributed by atoms with E-state index in [1.54, 1.807) is 18.3 Å². The van der Waals surface area contributed by atoms with Crippen molar-refractivity contribution in [1.29, 1.82) is 0 Å². The van der Waals surface area contributed by atoms with E-state index >= 15 is 0 Å². The molecule has 0 saturated heterocycles. The van der Waals surface area contributed by atoms with E-state index in [0.29, 0.717) is 10.7 Å². The highest BCUT2D eigenvalue weighted by molar-refractivity contribution is 6.33. The molecule has 0 atom stereocenters. The molecular formula is C21H22ClN3O2. The van der Waals surface area contributed by atoms with Gasteiger partial charge in [-0.2, -0.15) is 0 Å². The number of halogens is 1. The van der Waals surface area contributed by atoms with Crippen LogP contribution in [0.1, 0.15) is 38.8 Å². The van der Waals surface area contributed by atoms with Crippen LogP contribution < -0.4 is 4.90 Å². The van der Waals surface area contributed by atoms with Crippen molar-refractivity contribution in [3.63, 3.8) is 0 Å². The van der Waals surface area contributed by atoms with Gasteiger partial charge in [0.15, 0.2) is 0 Å². The third kappa shape index (κ3) is 3.74. The molecule has 0 aromatic heterocycles. The number of fused-ring (bicyclic) bond motifs is 1. The van der Waals surface area contributed by atoms with E-state index in [-0.39, 0.29) is 11.2 Å². The van der Waals surface area contributed by atoms with Gasteiger partial charge in [0.25, 0.3) is 5.69 Å². The molecule has 1 heterocycles. The fourth-order valence-electron chi connectivity index (χ4n) is 3.62. The van der Waals surface area contributed by atoms with E-state index in [1.165, 1.54) is 17.7 Å². The van der Waals surface area contributed by atoms with E-state index in [4.69, 9.17) is 11.6 Å². The number of aliphatic imine (C=N–C) groups is 1. The SMILES string of the molecule is CCN1c2cc(Cl)c(C=Nc3cccc([N+](=O)[O-])c3)cc2C(C)=CC1(C)C. The molecule has 0 radical (unpaired) electrons. The Morgan fingerprint density at radius 1 is 1.30 bits per heavy atom. The Labute approximate surface area is 164 Å². The first-order chi connectivity index (χ1) is 12.7. The number of anilines is 1. The lowest BCUT2D eigenvalue weighted by atomic mass is 9.88. The number of non-ortho nitro benzene ring substituents is 1. The summed E-state index contributed by atoms with van der Waals surface area (Å²) in [5, 5.41) is 11.5. The van der Waals surface area contributed by atoms with Gasteiger partial charge < -0.3 is 4.90 Å². The van der Waals surface area contributed by atoms with Gasteiger partial charge in [-0.15, -0.1) is 0 Å². The van der Waals surface area contributed by atoms with Gasteiger partial charge in [-0.25, -0.2) is 0 Å². The van der Waals surface area contributed by atoms with Crippen LogP contribution in [0.4, 0.5) is 17.1 Å². The first-order valence-electron chi connectivity index (χ1n) is 8.82. The quantitative estimate of drug-likeness (QED) is 0.368. The molecule has 5 nitrogen and oxygen atoms in total. The zero-order valence-corrected chi connectivity index (χ0v) is 16.6. The summed E-state index contributed by atoms with van der Waals surface area (Å²) < 4.78 is 0. The predicted octanol–water partition coefficient (Wildman–Crippen LogP) is 6.02. The molecule has 0 bridgehead atoms. The van der Waals surface area contributed by atoms with E-state index in [2.05, 4.69) is 43.7 Å². The molecule has 2 aromatic rings. The van der Waals surface area contributed by atoms with Crippen LogP contribution >= 0.6 is 11.6 Å². The number of rotatable bonds is 4. The van der Waals surface area contributed by atoms with Crippen LogP contribution in [0.3, 0.4) is 0 Å². The third-order valence-electron chi connectivity index (χ3n) is 4.81. The molecule has 1 aliphatic heterocycles.